The van der Waals surface area contributed by atoms with Gasteiger partial charge in [-0.15, -0.1) is 0 Å². The van der Waals surface area contributed by atoms with E-state index in [2.05, 4.69) is 22.6 Å². The second-order valence-electron chi connectivity index (χ2n) is 15.8. The summed E-state index contributed by atoms with van der Waals surface area (Å²) in [6, 6.07) is 8.99. The Bertz CT molecular complexity index is 2510. The molecule has 4 aromatic rings. The van der Waals surface area contributed by atoms with E-state index in [1.807, 2.05) is 38.4 Å². The number of nitrogen functional groups attached to an aromatic ring is 2. The lowest BCUT2D eigenvalue weighted by Crippen LogP contribution is -3.05. The number of aromatic nitrogens is 2. The number of esters is 1. The zero-order valence-electron chi connectivity index (χ0n) is 32.6. The number of carbonyl (C=O) groups is 1. The van der Waals surface area contributed by atoms with E-state index >= 15 is 0 Å². The van der Waals surface area contributed by atoms with Gasteiger partial charge in [-0.05, 0) is 70.1 Å². The van der Waals surface area contributed by atoms with Crippen molar-refractivity contribution in [2.75, 3.05) is 37.4 Å². The summed E-state index contributed by atoms with van der Waals surface area (Å²) >= 11 is 0. The number of benzene rings is 1. The number of fused-ring (bicyclic) bond motifs is 9. The molecule has 58 heavy (non-hydrogen) atoms. The molecule has 0 amide bonds. The van der Waals surface area contributed by atoms with E-state index in [4.69, 9.17) is 40.1 Å². The highest BCUT2D eigenvalue weighted by Crippen LogP contribution is 2.48. The molecular weight excluding hydrogens is 779 g/mol. The fourth-order valence-corrected chi connectivity index (χ4v) is 10.9. The Morgan fingerprint density at radius 3 is 2.78 bits per heavy atom. The van der Waals surface area contributed by atoms with Gasteiger partial charge in [-0.25, -0.2) is 14.8 Å². The van der Waals surface area contributed by atoms with Crippen molar-refractivity contribution in [2.24, 2.45) is 4.99 Å². The zero-order valence-corrected chi connectivity index (χ0v) is 34.2. The van der Waals surface area contributed by atoms with E-state index in [0.717, 1.165) is 45.9 Å². The lowest BCUT2D eigenvalue weighted by Gasteiger charge is -2.42. The minimum atomic E-state index is -1.17. The van der Waals surface area contributed by atoms with Crippen LogP contribution in [-0.2, 0) is 39.4 Å². The summed E-state index contributed by atoms with van der Waals surface area (Å²) in [6.07, 6.45) is 6.99. The molecule has 5 aliphatic heterocycles. The second-order valence-corrected chi connectivity index (χ2v) is 18.4. The normalized spacial score (nSPS) is 26.5. The molecule has 1 fully saturated rings. The number of hydrogen-bond donors (Lipinski definition) is 5. The lowest BCUT2D eigenvalue weighted by molar-refractivity contribution is -0.848. The van der Waals surface area contributed by atoms with E-state index in [1.165, 1.54) is 11.0 Å². The number of rotatable bonds is 5. The van der Waals surface area contributed by atoms with E-state index in [1.54, 1.807) is 34.6 Å². The standard InChI is InChI=1S/C42H45N7O7S2/c1-22-12-31(50)37-33(53-22)17-32-27(38(37)51)16-35-41(2,55-32)8-11-57-58-21-28-26(15-25(47-39(28)44)19-49-18-24-6-9-46-30(24)20-49)29-13-23(14-36(43)48-29)4-5-34-42(56-34,7-10-45-3)40(52)54-35/h6,9,12-15,17-18,34-35,45,51H,4-5,7-8,10-11,16,19-21H2,1-3H3,(H2,43,48)(H2,44,47)/p+1/t34-,35-,41-,42+/m0/s1. The quantitative estimate of drug-likeness (QED) is 0.110. The van der Waals surface area contributed by atoms with Crippen LogP contribution in [0.15, 0.2) is 68.6 Å². The molecule has 3 aromatic heterocycles. The van der Waals surface area contributed by atoms with Crippen LogP contribution in [0.25, 0.3) is 22.2 Å². The maximum atomic E-state index is 14.4. The summed E-state index contributed by atoms with van der Waals surface area (Å²) < 4.78 is 25.3. The Balaban J connectivity index is 1.06. The zero-order chi connectivity index (χ0) is 40.3. The van der Waals surface area contributed by atoms with Crippen molar-refractivity contribution < 1.29 is 33.4 Å². The number of nitrogens with two attached hydrogens (primary N) is 2. The number of nitrogens with one attached hydrogen (secondary N) is 2. The average molecular weight is 825 g/mol. The van der Waals surface area contributed by atoms with Crippen LogP contribution in [0.5, 0.6) is 11.5 Å². The molecule has 14 nitrogen and oxygen atoms in total. The minimum Gasteiger partial charge on any atom is -0.507 e. The van der Waals surface area contributed by atoms with Crippen LogP contribution in [0.3, 0.4) is 0 Å². The molecule has 16 heteroatoms. The van der Waals surface area contributed by atoms with Crippen LogP contribution in [0.1, 0.15) is 54.3 Å². The van der Waals surface area contributed by atoms with Gasteiger partial charge in [0.2, 0.25) is 0 Å². The highest BCUT2D eigenvalue weighted by Gasteiger charge is 2.63. The molecule has 7 N–H and O–H groups in total. The van der Waals surface area contributed by atoms with Gasteiger partial charge in [0.05, 0.1) is 23.1 Å². The Hall–Kier alpha value is -4.87. The molecular formula is C42H46N7O7S2+. The largest absolute Gasteiger partial charge is 0.507 e. The number of aromatic hydroxyl groups is 1. The molecule has 5 atom stereocenters. The van der Waals surface area contributed by atoms with Crippen molar-refractivity contribution in [1.82, 2.24) is 15.3 Å². The van der Waals surface area contributed by atoms with E-state index in [9.17, 15) is 14.7 Å². The molecule has 8 heterocycles. The van der Waals surface area contributed by atoms with Gasteiger partial charge in [0.25, 0.3) is 0 Å². The van der Waals surface area contributed by atoms with Crippen LogP contribution in [-0.4, -0.2) is 76.1 Å². The molecule has 0 aliphatic carbocycles. The van der Waals surface area contributed by atoms with E-state index in [0.29, 0.717) is 79.0 Å². The molecule has 9 rings (SSSR count). The number of phenolic OH excluding ortho intramolecular Hbond substituents is 1. The summed E-state index contributed by atoms with van der Waals surface area (Å²) in [5.41, 5.74) is 17.9. The third kappa shape index (κ3) is 7.14. The van der Waals surface area contributed by atoms with Gasteiger partial charge >= 0.3 is 5.97 Å². The fraction of sp³-hybridized carbons (Fsp3) is 0.405. The van der Waals surface area contributed by atoms with Crippen LogP contribution < -0.4 is 31.8 Å². The Kier molecular flexibility index (Phi) is 10.0. The summed E-state index contributed by atoms with van der Waals surface area (Å²) in [4.78, 5) is 42.8. The van der Waals surface area contributed by atoms with Crippen molar-refractivity contribution in [3.63, 3.8) is 0 Å². The summed E-state index contributed by atoms with van der Waals surface area (Å²) in [7, 11) is 5.12. The molecule has 1 saturated heterocycles. The number of aryl methyl sites for hydroxylation is 2. The van der Waals surface area contributed by atoms with Crippen molar-refractivity contribution in [2.45, 2.75) is 81.7 Å². The number of carbonyl (C=O) groups excluding carboxylic acids is 1. The molecule has 5 aliphatic rings. The van der Waals surface area contributed by atoms with Crippen molar-refractivity contribution >= 4 is 55.9 Å². The summed E-state index contributed by atoms with van der Waals surface area (Å²) in [5.74, 6) is 2.10. The maximum absolute atomic E-state index is 14.4. The molecule has 0 radical (unpaired) electrons. The highest BCUT2D eigenvalue weighted by molar-refractivity contribution is 8.76. The number of allylic oxidation sites excluding steroid dienone is 1. The van der Waals surface area contributed by atoms with E-state index in [-0.39, 0.29) is 28.6 Å². The number of quaternary nitrogens is 1. The number of anilines is 2. The Morgan fingerprint density at radius 2 is 1.95 bits per heavy atom. The highest BCUT2D eigenvalue weighted by atomic mass is 33.1. The second kappa shape index (κ2) is 15.1. The van der Waals surface area contributed by atoms with Gasteiger partial charge in [0.1, 0.15) is 76.6 Å². The lowest BCUT2D eigenvalue weighted by atomic mass is 9.86. The van der Waals surface area contributed by atoms with Crippen LogP contribution in [0.4, 0.5) is 11.6 Å². The van der Waals surface area contributed by atoms with Gasteiger partial charge in [-0.3, -0.25) is 14.7 Å². The first-order valence-electron chi connectivity index (χ1n) is 19.5. The smallest absolute Gasteiger partial charge is 0.341 e. The molecule has 1 aromatic carbocycles. The van der Waals surface area contributed by atoms with E-state index < -0.39 is 29.4 Å². The minimum absolute atomic E-state index is 0.0662. The third-order valence-corrected chi connectivity index (χ3v) is 14.1. The number of pyridine rings is 2. The van der Waals surface area contributed by atoms with Gasteiger partial charge in [0.15, 0.2) is 11.0 Å². The number of nitrogens with zero attached hydrogens (tertiary/aromatic N) is 3. The van der Waals surface area contributed by atoms with Gasteiger partial charge < -0.3 is 40.5 Å². The molecule has 0 spiro atoms. The first-order valence-corrected chi connectivity index (χ1v) is 22.0. The van der Waals surface area contributed by atoms with Crippen molar-refractivity contribution in [3.05, 3.63) is 92.7 Å². The third-order valence-electron chi connectivity index (χ3n) is 11.8. The van der Waals surface area contributed by atoms with Gasteiger partial charge in [-0.1, -0.05) is 21.6 Å². The first-order chi connectivity index (χ1) is 27.9. The average Bonchev–Trinajstić information content (AvgIpc) is 3.49. The SMILES string of the molecule is CNCC[C@@]12O[C@H]1CCc1cc(N)nc(c1)-c1cc(C[NH+]3C=C4C=CN=C4C3)nc(N)c1CSSCC[C@]1(C)Oc3cc4oc(C)cc(=O)c4c(O)c3C[C@@H]1OC2=O. The number of aliphatic imine (C=N–C) groups is 1. The molecule has 0 saturated carbocycles. The topological polar surface area (TPSA) is 205 Å². The number of epoxide rings is 1. The molecule has 2 bridgehead atoms. The molecule has 1 unspecified atom stereocenters. The van der Waals surface area contributed by atoms with Crippen molar-refractivity contribution in [3.8, 4) is 22.8 Å². The predicted molar refractivity (Wildman–Crippen MR) is 225 cm³/mol. The number of hydrogen-bond acceptors (Lipinski definition) is 15. The molecule has 302 valence electrons. The number of phenols is 1. The Labute approximate surface area is 342 Å². The first kappa shape index (κ1) is 38.6. The Morgan fingerprint density at radius 1 is 1.09 bits per heavy atom. The van der Waals surface area contributed by atoms with Crippen LogP contribution in [0, 0.1) is 6.92 Å². The van der Waals surface area contributed by atoms with Crippen molar-refractivity contribution in [1.29, 1.82) is 0 Å². The predicted octanol–water partition coefficient (Wildman–Crippen LogP) is 3.95. The van der Waals surface area contributed by atoms with Crippen LogP contribution in [0.2, 0.25) is 0 Å². The fourth-order valence-electron chi connectivity index (χ4n) is 8.58. The monoisotopic (exact) mass is 824 g/mol. The van der Waals surface area contributed by atoms with Gasteiger partial charge in [0, 0.05) is 65.8 Å². The van der Waals surface area contributed by atoms with Crippen LogP contribution >= 0.6 is 21.6 Å². The van der Waals surface area contributed by atoms with Gasteiger partial charge in [-0.2, -0.15) is 0 Å². The summed E-state index contributed by atoms with van der Waals surface area (Å²) in [6.45, 7) is 5.55. The number of ether oxygens (including phenoxy) is 3. The summed E-state index contributed by atoms with van der Waals surface area (Å²) in [5, 5.41) is 14.7. The maximum Gasteiger partial charge on any atom is 0.341 e.